The summed E-state index contributed by atoms with van der Waals surface area (Å²) in [6.45, 7) is 1.57. The van der Waals surface area contributed by atoms with E-state index in [2.05, 4.69) is 5.32 Å². The Morgan fingerprint density at radius 2 is 1.82 bits per heavy atom. The maximum absolute atomic E-state index is 13.1. The molecule has 0 bridgehead atoms. The summed E-state index contributed by atoms with van der Waals surface area (Å²) in [5, 5.41) is 2.44. The maximum Gasteiger partial charge on any atom is 0.340 e. The molecule has 2 rings (SSSR count). The van der Waals surface area contributed by atoms with Crippen LogP contribution in [0.25, 0.3) is 0 Å². The molecule has 10 heteroatoms. The lowest BCUT2D eigenvalue weighted by atomic mass is 10.2. The quantitative estimate of drug-likeness (QED) is 0.684. The van der Waals surface area contributed by atoms with Gasteiger partial charge in [-0.3, -0.25) is 9.10 Å². The molecule has 0 saturated carbocycles. The molecule has 0 heterocycles. The van der Waals surface area contributed by atoms with E-state index >= 15 is 0 Å². The summed E-state index contributed by atoms with van der Waals surface area (Å²) in [5.41, 5.74) is 0.0382. The molecular formula is C18H18ClFN2O5S. The molecule has 0 aliphatic rings. The Morgan fingerprint density at radius 1 is 1.18 bits per heavy atom. The van der Waals surface area contributed by atoms with Crippen LogP contribution in [0.3, 0.4) is 0 Å². The first-order valence-corrected chi connectivity index (χ1v) is 9.96. The molecule has 1 N–H and O–H groups in total. The molecule has 2 aromatic carbocycles. The molecule has 0 radical (unpaired) electrons. The third kappa shape index (κ3) is 4.99. The van der Waals surface area contributed by atoms with Crippen molar-refractivity contribution < 1.29 is 27.1 Å². The lowest BCUT2D eigenvalue weighted by Gasteiger charge is -2.20. The summed E-state index contributed by atoms with van der Waals surface area (Å²) in [6, 6.07) is 8.43. The van der Waals surface area contributed by atoms with Crippen molar-refractivity contribution >= 4 is 39.2 Å². The minimum atomic E-state index is -4.05. The molecule has 1 amide bonds. The van der Waals surface area contributed by atoms with E-state index in [1.54, 1.807) is 6.92 Å². The number of benzene rings is 2. The first-order chi connectivity index (χ1) is 13.2. The summed E-state index contributed by atoms with van der Waals surface area (Å²) in [5.74, 6) is -1.93. The molecule has 0 spiro atoms. The highest BCUT2D eigenvalue weighted by molar-refractivity contribution is 7.92. The number of nitrogens with one attached hydrogen (secondary N) is 1. The van der Waals surface area contributed by atoms with Crippen LogP contribution in [0.15, 0.2) is 47.4 Å². The summed E-state index contributed by atoms with van der Waals surface area (Å²) >= 11 is 5.98. The van der Waals surface area contributed by atoms with Crippen LogP contribution >= 0.6 is 11.6 Å². The second kappa shape index (κ2) is 9.03. The molecule has 0 aliphatic heterocycles. The van der Waals surface area contributed by atoms with Gasteiger partial charge in [-0.25, -0.2) is 17.6 Å². The maximum atomic E-state index is 13.1. The number of nitrogens with zero attached hydrogens (tertiary/aromatic N) is 1. The normalized spacial score (nSPS) is 11.0. The Bertz CT molecular complexity index is 980. The molecule has 150 valence electrons. The van der Waals surface area contributed by atoms with E-state index in [4.69, 9.17) is 16.3 Å². The van der Waals surface area contributed by atoms with Crippen LogP contribution < -0.4 is 9.62 Å². The smallest absolute Gasteiger partial charge is 0.340 e. The molecule has 0 saturated heterocycles. The second-order valence-electron chi connectivity index (χ2n) is 5.62. The number of hydrogen-bond acceptors (Lipinski definition) is 5. The van der Waals surface area contributed by atoms with Gasteiger partial charge >= 0.3 is 5.97 Å². The zero-order valence-electron chi connectivity index (χ0n) is 15.1. The zero-order chi connectivity index (χ0) is 20.9. The fourth-order valence-corrected chi connectivity index (χ4v) is 3.64. The molecule has 0 aromatic heterocycles. The number of esters is 1. The lowest BCUT2D eigenvalue weighted by molar-refractivity contribution is -0.124. The third-order valence-electron chi connectivity index (χ3n) is 3.71. The fraction of sp³-hybridized carbons (Fsp3) is 0.222. The first-order valence-electron chi connectivity index (χ1n) is 8.14. The van der Waals surface area contributed by atoms with Crippen LogP contribution in [-0.4, -0.2) is 40.5 Å². The van der Waals surface area contributed by atoms with Gasteiger partial charge < -0.3 is 10.1 Å². The number of sulfonamides is 1. The molecule has 2 aromatic rings. The van der Waals surface area contributed by atoms with Crippen molar-refractivity contribution in [1.29, 1.82) is 0 Å². The van der Waals surface area contributed by atoms with Crippen molar-refractivity contribution in [1.82, 2.24) is 5.32 Å². The first kappa shape index (κ1) is 21.6. The number of ether oxygens (including phenoxy) is 1. The van der Waals surface area contributed by atoms with Gasteiger partial charge in [0, 0.05) is 13.6 Å². The molecule has 0 unspecified atom stereocenters. The van der Waals surface area contributed by atoms with Gasteiger partial charge in [0.1, 0.15) is 5.82 Å². The van der Waals surface area contributed by atoms with Crippen LogP contribution in [0.2, 0.25) is 5.02 Å². The number of amides is 1. The number of likely N-dealkylation sites (N-methyl/N-ethyl adjacent to an activating group) is 1. The van der Waals surface area contributed by atoms with Crippen LogP contribution in [0.1, 0.15) is 17.3 Å². The summed E-state index contributed by atoms with van der Waals surface area (Å²) in [7, 11) is -2.76. The van der Waals surface area contributed by atoms with E-state index in [1.807, 2.05) is 0 Å². The van der Waals surface area contributed by atoms with Crippen LogP contribution in [0, 0.1) is 5.82 Å². The summed E-state index contributed by atoms with van der Waals surface area (Å²) in [6.07, 6.45) is 0. The van der Waals surface area contributed by atoms with Gasteiger partial charge in [0.25, 0.3) is 15.9 Å². The van der Waals surface area contributed by atoms with E-state index in [0.717, 1.165) is 22.5 Å². The number of hydrogen-bond donors (Lipinski definition) is 1. The molecule has 0 fully saturated rings. The van der Waals surface area contributed by atoms with Crippen molar-refractivity contribution in [3.63, 3.8) is 0 Å². The van der Waals surface area contributed by atoms with E-state index in [0.29, 0.717) is 6.54 Å². The summed E-state index contributed by atoms with van der Waals surface area (Å²) in [4.78, 5) is 23.4. The minimum absolute atomic E-state index is 0.0238. The van der Waals surface area contributed by atoms with E-state index in [-0.39, 0.29) is 21.2 Å². The highest BCUT2D eigenvalue weighted by atomic mass is 35.5. The van der Waals surface area contributed by atoms with Crippen LogP contribution in [0.4, 0.5) is 10.1 Å². The van der Waals surface area contributed by atoms with Gasteiger partial charge in [-0.1, -0.05) is 11.6 Å². The highest BCUT2D eigenvalue weighted by Crippen LogP contribution is 2.26. The standard InChI is InChI=1S/C18H18ClFN2O5S/c1-3-21-17(23)11-27-18(24)15-10-14(8-9-16(15)19)28(25,26)22(2)13-6-4-12(20)5-7-13/h4-10H,3,11H2,1-2H3,(H,21,23). The molecular weight excluding hydrogens is 411 g/mol. The number of carbonyl (C=O) groups excluding carboxylic acids is 2. The largest absolute Gasteiger partial charge is 0.452 e. The Morgan fingerprint density at radius 3 is 2.43 bits per heavy atom. The second-order valence-corrected chi connectivity index (χ2v) is 8.00. The van der Waals surface area contributed by atoms with Gasteiger partial charge in [-0.15, -0.1) is 0 Å². The number of halogens is 2. The van der Waals surface area contributed by atoms with E-state index < -0.39 is 34.3 Å². The van der Waals surface area contributed by atoms with Crippen molar-refractivity contribution in [3.8, 4) is 0 Å². The van der Waals surface area contributed by atoms with Gasteiger partial charge in [0.05, 0.1) is 21.2 Å². The fourth-order valence-electron chi connectivity index (χ4n) is 2.23. The van der Waals surface area contributed by atoms with Crippen molar-refractivity contribution in [2.24, 2.45) is 0 Å². The number of carbonyl (C=O) groups is 2. The van der Waals surface area contributed by atoms with Crippen LogP contribution in [-0.2, 0) is 19.6 Å². The molecule has 0 atom stereocenters. The van der Waals surface area contributed by atoms with Crippen molar-refractivity contribution in [3.05, 3.63) is 58.9 Å². The number of rotatable bonds is 7. The number of anilines is 1. The topological polar surface area (TPSA) is 92.8 Å². The van der Waals surface area contributed by atoms with E-state index in [1.165, 1.54) is 31.3 Å². The monoisotopic (exact) mass is 428 g/mol. The predicted molar refractivity (Wildman–Crippen MR) is 102 cm³/mol. The summed E-state index contributed by atoms with van der Waals surface area (Å²) < 4.78 is 44.5. The molecule has 0 aliphatic carbocycles. The SMILES string of the molecule is CCNC(=O)COC(=O)c1cc(S(=O)(=O)N(C)c2ccc(F)cc2)ccc1Cl. The molecule has 28 heavy (non-hydrogen) atoms. The lowest BCUT2D eigenvalue weighted by Crippen LogP contribution is -2.28. The Kier molecular flexibility index (Phi) is 6.98. The molecule has 7 nitrogen and oxygen atoms in total. The minimum Gasteiger partial charge on any atom is -0.452 e. The average Bonchev–Trinajstić information content (AvgIpc) is 2.66. The van der Waals surface area contributed by atoms with Gasteiger partial charge in [-0.05, 0) is 49.4 Å². The average molecular weight is 429 g/mol. The van der Waals surface area contributed by atoms with Gasteiger partial charge in [0.2, 0.25) is 0 Å². The van der Waals surface area contributed by atoms with Gasteiger partial charge in [0.15, 0.2) is 6.61 Å². The van der Waals surface area contributed by atoms with Crippen molar-refractivity contribution in [2.45, 2.75) is 11.8 Å². The van der Waals surface area contributed by atoms with Crippen LogP contribution in [0.5, 0.6) is 0 Å². The predicted octanol–water partition coefficient (Wildman–Crippen LogP) is 2.60. The Hall–Kier alpha value is -2.65. The highest BCUT2D eigenvalue weighted by Gasteiger charge is 2.24. The van der Waals surface area contributed by atoms with Gasteiger partial charge in [-0.2, -0.15) is 0 Å². The third-order valence-corrected chi connectivity index (χ3v) is 5.83. The Labute approximate surface area is 167 Å². The Balaban J connectivity index is 2.28. The van der Waals surface area contributed by atoms with Crippen molar-refractivity contribution in [2.75, 3.05) is 24.5 Å². The van der Waals surface area contributed by atoms with E-state index in [9.17, 15) is 22.4 Å². The zero-order valence-corrected chi connectivity index (χ0v) is 16.7.